The molecule has 3 rings (SSSR count). The second-order valence-corrected chi connectivity index (χ2v) is 7.68. The van der Waals surface area contributed by atoms with Crippen molar-refractivity contribution in [2.24, 2.45) is 0 Å². The van der Waals surface area contributed by atoms with Crippen LogP contribution in [0, 0.1) is 6.92 Å². The summed E-state index contributed by atoms with van der Waals surface area (Å²) >= 11 is 1.56. The number of nitrogens with zero attached hydrogens (tertiary/aromatic N) is 4. The fourth-order valence-electron chi connectivity index (χ4n) is 2.55. The fraction of sp³-hybridized carbons (Fsp3) is 0.263. The van der Waals surface area contributed by atoms with Gasteiger partial charge in [-0.25, -0.2) is 9.78 Å². The molecule has 8 nitrogen and oxygen atoms in total. The van der Waals surface area contributed by atoms with Crippen molar-refractivity contribution >= 4 is 34.6 Å². The minimum absolute atomic E-state index is 0.190. The van der Waals surface area contributed by atoms with Crippen LogP contribution < -0.4 is 10.6 Å². The molecule has 1 unspecified atom stereocenters. The van der Waals surface area contributed by atoms with E-state index in [1.165, 1.54) is 0 Å². The Morgan fingerprint density at radius 2 is 2.00 bits per heavy atom. The van der Waals surface area contributed by atoms with Crippen LogP contribution in [-0.2, 0) is 11.3 Å². The average molecular weight is 398 g/mol. The van der Waals surface area contributed by atoms with Crippen LogP contribution in [0.4, 0.5) is 16.2 Å². The molecule has 1 atom stereocenters. The van der Waals surface area contributed by atoms with E-state index in [0.29, 0.717) is 17.9 Å². The van der Waals surface area contributed by atoms with Crippen LogP contribution in [0.3, 0.4) is 0 Å². The molecule has 2 aromatic heterocycles. The Bertz CT molecular complexity index is 953. The lowest BCUT2D eigenvalue weighted by Crippen LogP contribution is -2.30. The highest BCUT2D eigenvalue weighted by atomic mass is 32.1. The van der Waals surface area contributed by atoms with Gasteiger partial charge >= 0.3 is 6.03 Å². The molecule has 0 fully saturated rings. The highest BCUT2D eigenvalue weighted by Crippen LogP contribution is 2.18. The normalized spacial score (nSPS) is 11.7. The number of aryl methyl sites for hydroxylation is 1. The molecule has 0 bridgehead atoms. The lowest BCUT2D eigenvalue weighted by atomic mass is 10.2. The fourth-order valence-corrected chi connectivity index (χ4v) is 3.40. The van der Waals surface area contributed by atoms with E-state index in [0.717, 1.165) is 9.88 Å². The van der Waals surface area contributed by atoms with E-state index in [1.807, 2.05) is 6.92 Å². The zero-order valence-electron chi connectivity index (χ0n) is 15.9. The Balaban J connectivity index is 1.59. The van der Waals surface area contributed by atoms with Gasteiger partial charge in [0.1, 0.15) is 6.04 Å². The van der Waals surface area contributed by atoms with Crippen molar-refractivity contribution in [1.82, 2.24) is 19.7 Å². The zero-order valence-corrected chi connectivity index (χ0v) is 16.7. The molecule has 1 aromatic carbocycles. The molecule has 0 aliphatic rings. The molecular formula is C19H22N6O2S. The number of nitrogens with one attached hydrogen (secondary N) is 2. The summed E-state index contributed by atoms with van der Waals surface area (Å²) in [6.07, 6.45) is 5.14. The number of hydrogen-bond acceptors (Lipinski definition) is 5. The molecule has 2 N–H and O–H groups in total. The Morgan fingerprint density at radius 3 is 2.64 bits per heavy atom. The van der Waals surface area contributed by atoms with Gasteiger partial charge in [0.2, 0.25) is 5.91 Å². The van der Waals surface area contributed by atoms with E-state index in [1.54, 1.807) is 83.8 Å². The van der Waals surface area contributed by atoms with Gasteiger partial charge in [0.25, 0.3) is 0 Å². The average Bonchev–Trinajstić information content (AvgIpc) is 3.33. The van der Waals surface area contributed by atoms with Crippen LogP contribution in [0.15, 0.2) is 48.9 Å². The second kappa shape index (κ2) is 8.66. The van der Waals surface area contributed by atoms with Crippen LogP contribution in [0.25, 0.3) is 0 Å². The molecule has 0 aliphatic heterocycles. The number of aromatic nitrogens is 3. The van der Waals surface area contributed by atoms with Crippen LogP contribution in [0.2, 0.25) is 0 Å². The van der Waals surface area contributed by atoms with Crippen LogP contribution >= 0.6 is 11.3 Å². The van der Waals surface area contributed by atoms with Crippen molar-refractivity contribution in [2.75, 3.05) is 17.7 Å². The van der Waals surface area contributed by atoms with Gasteiger partial charge in [-0.3, -0.25) is 9.48 Å². The van der Waals surface area contributed by atoms with Crippen LogP contribution in [-0.4, -0.2) is 38.7 Å². The number of rotatable bonds is 6. The van der Waals surface area contributed by atoms with Crippen molar-refractivity contribution in [3.63, 3.8) is 0 Å². The quantitative estimate of drug-likeness (QED) is 0.665. The first kappa shape index (κ1) is 19.6. The first-order chi connectivity index (χ1) is 13.4. The Labute approximate surface area is 167 Å². The Hall–Kier alpha value is -3.20. The number of benzene rings is 1. The van der Waals surface area contributed by atoms with E-state index >= 15 is 0 Å². The molecule has 0 aliphatic carbocycles. The van der Waals surface area contributed by atoms with Crippen molar-refractivity contribution in [1.29, 1.82) is 0 Å². The zero-order chi connectivity index (χ0) is 20.1. The maximum atomic E-state index is 12.4. The molecule has 0 saturated carbocycles. The molecule has 28 heavy (non-hydrogen) atoms. The number of anilines is 2. The van der Waals surface area contributed by atoms with Crippen molar-refractivity contribution in [3.05, 3.63) is 58.8 Å². The van der Waals surface area contributed by atoms with Crippen LogP contribution in [0.1, 0.15) is 22.9 Å². The third kappa shape index (κ3) is 4.95. The standard InChI is InChI=1S/C19H22N6O2S/c1-13(25-9-5-8-21-25)18(26)22-15-6-4-7-16(10-15)23-19(27)24(3)12-17-11-20-14(2)28-17/h4-11,13H,12H2,1-3H3,(H,22,26)(H,23,27). The summed E-state index contributed by atoms with van der Waals surface area (Å²) in [6, 6.07) is 8.13. The number of hydrogen-bond donors (Lipinski definition) is 2. The van der Waals surface area contributed by atoms with E-state index in [2.05, 4.69) is 20.7 Å². The smallest absolute Gasteiger partial charge is 0.321 e. The van der Waals surface area contributed by atoms with Gasteiger partial charge in [-0.2, -0.15) is 5.10 Å². The molecule has 3 aromatic rings. The first-order valence-corrected chi connectivity index (χ1v) is 9.57. The summed E-state index contributed by atoms with van der Waals surface area (Å²) in [4.78, 5) is 31.6. The van der Waals surface area contributed by atoms with Gasteiger partial charge < -0.3 is 15.5 Å². The monoisotopic (exact) mass is 398 g/mol. The highest BCUT2D eigenvalue weighted by molar-refractivity contribution is 7.11. The van der Waals surface area contributed by atoms with Gasteiger partial charge in [0, 0.05) is 41.9 Å². The Kier molecular flexibility index (Phi) is 6.05. The van der Waals surface area contributed by atoms with E-state index in [-0.39, 0.29) is 11.9 Å². The van der Waals surface area contributed by atoms with Crippen molar-refractivity contribution in [2.45, 2.75) is 26.4 Å². The first-order valence-electron chi connectivity index (χ1n) is 8.76. The summed E-state index contributed by atoms with van der Waals surface area (Å²) in [7, 11) is 1.72. The molecule has 2 heterocycles. The summed E-state index contributed by atoms with van der Waals surface area (Å²) in [5.74, 6) is -0.190. The van der Waals surface area contributed by atoms with Crippen molar-refractivity contribution in [3.8, 4) is 0 Å². The molecule has 0 radical (unpaired) electrons. The van der Waals surface area contributed by atoms with Gasteiger partial charge in [-0.05, 0) is 38.1 Å². The van der Waals surface area contributed by atoms with Crippen LogP contribution in [0.5, 0.6) is 0 Å². The molecule has 146 valence electrons. The SMILES string of the molecule is Cc1ncc(CN(C)C(=O)Nc2cccc(NC(=O)C(C)n3cccn3)c2)s1. The van der Waals surface area contributed by atoms with Gasteiger partial charge in [0.15, 0.2) is 0 Å². The maximum Gasteiger partial charge on any atom is 0.321 e. The summed E-state index contributed by atoms with van der Waals surface area (Å²) < 4.78 is 1.58. The summed E-state index contributed by atoms with van der Waals surface area (Å²) in [5, 5.41) is 10.7. The summed E-state index contributed by atoms with van der Waals surface area (Å²) in [6.45, 7) is 4.18. The lowest BCUT2D eigenvalue weighted by molar-refractivity contribution is -0.119. The number of urea groups is 1. The number of carbonyl (C=O) groups is 2. The van der Waals surface area contributed by atoms with Gasteiger partial charge in [-0.1, -0.05) is 6.07 Å². The van der Waals surface area contributed by atoms with E-state index in [4.69, 9.17) is 0 Å². The highest BCUT2D eigenvalue weighted by Gasteiger charge is 2.16. The number of carbonyl (C=O) groups excluding carboxylic acids is 2. The molecule has 9 heteroatoms. The second-order valence-electron chi connectivity index (χ2n) is 6.36. The number of thiazole rings is 1. The van der Waals surface area contributed by atoms with Crippen molar-refractivity contribution < 1.29 is 9.59 Å². The third-order valence-electron chi connectivity index (χ3n) is 4.09. The van der Waals surface area contributed by atoms with E-state index < -0.39 is 6.04 Å². The Morgan fingerprint density at radius 1 is 1.25 bits per heavy atom. The topological polar surface area (TPSA) is 92.2 Å². The van der Waals surface area contributed by atoms with E-state index in [9.17, 15) is 9.59 Å². The molecule has 0 spiro atoms. The minimum Gasteiger partial charge on any atom is -0.324 e. The largest absolute Gasteiger partial charge is 0.324 e. The molecule has 0 saturated heterocycles. The summed E-state index contributed by atoms with van der Waals surface area (Å²) in [5.41, 5.74) is 1.20. The predicted molar refractivity (Wildman–Crippen MR) is 109 cm³/mol. The third-order valence-corrected chi connectivity index (χ3v) is 4.99. The van der Waals surface area contributed by atoms with Gasteiger partial charge in [0.05, 0.1) is 11.6 Å². The number of amides is 3. The molecule has 3 amide bonds. The maximum absolute atomic E-state index is 12.4. The lowest BCUT2D eigenvalue weighted by Gasteiger charge is -2.17. The van der Waals surface area contributed by atoms with Gasteiger partial charge in [-0.15, -0.1) is 11.3 Å². The minimum atomic E-state index is -0.442. The molecular weight excluding hydrogens is 376 g/mol. The predicted octanol–water partition coefficient (Wildman–Crippen LogP) is 3.51.